The molecule has 0 bridgehead atoms. The van der Waals surface area contributed by atoms with Gasteiger partial charge in [-0.25, -0.2) is 0 Å². The molecule has 2 rings (SSSR count). The third-order valence-electron chi connectivity index (χ3n) is 2.44. The van der Waals surface area contributed by atoms with Crippen LogP contribution >= 0.6 is 11.6 Å². The molecule has 4 heteroatoms. The highest BCUT2D eigenvalue weighted by Gasteiger charge is 2.05. The van der Waals surface area contributed by atoms with E-state index in [1.165, 1.54) is 0 Å². The largest absolute Gasteiger partial charge is 0.254 e. The fourth-order valence-corrected chi connectivity index (χ4v) is 2.92. The highest BCUT2D eigenvalue weighted by atomic mass is 35.5. The Morgan fingerprint density at radius 2 is 1.89 bits per heavy atom. The van der Waals surface area contributed by atoms with E-state index in [-0.39, 0.29) is 0 Å². The van der Waals surface area contributed by atoms with Crippen LogP contribution in [0.25, 0.3) is 0 Å². The van der Waals surface area contributed by atoms with E-state index < -0.39 is 10.8 Å². The van der Waals surface area contributed by atoms with Crippen LogP contribution in [0.2, 0.25) is 5.02 Å². The fraction of sp³-hybridized carbons (Fsp3) is 0.0714. The van der Waals surface area contributed by atoms with E-state index in [0.29, 0.717) is 21.2 Å². The summed E-state index contributed by atoms with van der Waals surface area (Å²) in [6.45, 7) is 0. The zero-order chi connectivity index (χ0) is 13.0. The average molecular weight is 276 g/mol. The summed E-state index contributed by atoms with van der Waals surface area (Å²) in [5.41, 5.74) is 1.54. The van der Waals surface area contributed by atoms with Crippen molar-refractivity contribution in [1.29, 1.82) is 5.26 Å². The molecule has 0 spiro atoms. The third-order valence-corrected chi connectivity index (χ3v) is 4.05. The van der Waals surface area contributed by atoms with Crippen molar-refractivity contribution in [1.82, 2.24) is 0 Å². The first-order valence-electron chi connectivity index (χ1n) is 5.32. The van der Waals surface area contributed by atoms with E-state index in [9.17, 15) is 4.21 Å². The maximum Gasteiger partial charge on any atom is 0.0991 e. The molecule has 1 unspecified atom stereocenters. The maximum absolute atomic E-state index is 12.1. The third kappa shape index (κ3) is 3.19. The molecule has 18 heavy (non-hydrogen) atoms. The van der Waals surface area contributed by atoms with Gasteiger partial charge in [-0.2, -0.15) is 5.26 Å². The molecule has 2 aromatic carbocycles. The second-order valence-electron chi connectivity index (χ2n) is 3.76. The lowest BCUT2D eigenvalue weighted by Crippen LogP contribution is -1.96. The van der Waals surface area contributed by atoms with Gasteiger partial charge in [-0.3, -0.25) is 4.21 Å². The number of nitrogens with zero attached hydrogens (tertiary/aromatic N) is 1. The van der Waals surface area contributed by atoms with Crippen molar-refractivity contribution >= 4 is 22.4 Å². The molecule has 0 heterocycles. The Bertz CT molecular complexity index is 616. The molecule has 0 aliphatic carbocycles. The monoisotopic (exact) mass is 275 g/mol. The van der Waals surface area contributed by atoms with Crippen molar-refractivity contribution in [3.05, 3.63) is 64.7 Å². The number of halogens is 1. The van der Waals surface area contributed by atoms with Crippen molar-refractivity contribution in [2.45, 2.75) is 10.6 Å². The lowest BCUT2D eigenvalue weighted by molar-refractivity contribution is 0.682. The minimum Gasteiger partial charge on any atom is -0.254 e. The summed E-state index contributed by atoms with van der Waals surface area (Å²) < 4.78 is 12.1. The van der Waals surface area contributed by atoms with Crippen LogP contribution in [0.3, 0.4) is 0 Å². The van der Waals surface area contributed by atoms with E-state index in [1.54, 1.807) is 36.4 Å². The number of rotatable bonds is 3. The smallest absolute Gasteiger partial charge is 0.0991 e. The van der Waals surface area contributed by atoms with Crippen LogP contribution in [0.15, 0.2) is 53.4 Å². The molecule has 0 N–H and O–H groups in total. The minimum atomic E-state index is -1.12. The summed E-state index contributed by atoms with van der Waals surface area (Å²) >= 11 is 5.86. The summed E-state index contributed by atoms with van der Waals surface area (Å²) in [4.78, 5) is 0.715. The molecule has 90 valence electrons. The first-order chi connectivity index (χ1) is 8.69. The molecule has 0 saturated heterocycles. The summed E-state index contributed by atoms with van der Waals surface area (Å²) in [7, 11) is -1.12. The molecule has 0 aliphatic rings. The van der Waals surface area contributed by atoms with E-state index in [2.05, 4.69) is 6.07 Å². The molecular formula is C14H10ClNOS. The van der Waals surface area contributed by atoms with Crippen LogP contribution in [-0.2, 0) is 16.6 Å². The maximum atomic E-state index is 12.1. The van der Waals surface area contributed by atoms with Crippen LogP contribution < -0.4 is 0 Å². The lowest BCUT2D eigenvalue weighted by atomic mass is 10.2. The van der Waals surface area contributed by atoms with Crippen molar-refractivity contribution < 1.29 is 4.21 Å². The van der Waals surface area contributed by atoms with Gasteiger partial charge in [-0.1, -0.05) is 29.8 Å². The predicted molar refractivity (Wildman–Crippen MR) is 72.7 cm³/mol. The summed E-state index contributed by atoms with van der Waals surface area (Å²) in [6.07, 6.45) is 0. The molecule has 1 atom stereocenters. The van der Waals surface area contributed by atoms with Gasteiger partial charge in [0.25, 0.3) is 0 Å². The van der Waals surface area contributed by atoms with Crippen molar-refractivity contribution in [3.8, 4) is 6.07 Å². The molecule has 0 saturated carbocycles. The number of hydrogen-bond donors (Lipinski definition) is 0. The quantitative estimate of drug-likeness (QED) is 0.860. The van der Waals surface area contributed by atoms with Gasteiger partial charge in [0.05, 0.1) is 28.2 Å². The van der Waals surface area contributed by atoms with Crippen LogP contribution in [0.1, 0.15) is 11.1 Å². The van der Waals surface area contributed by atoms with E-state index in [4.69, 9.17) is 16.9 Å². The topological polar surface area (TPSA) is 40.9 Å². The second kappa shape index (κ2) is 5.81. The predicted octanol–water partition coefficient (Wildman–Crippen LogP) is 3.52. The first-order valence-corrected chi connectivity index (χ1v) is 7.02. The normalized spacial score (nSPS) is 11.8. The highest BCUT2D eigenvalue weighted by Crippen LogP contribution is 2.17. The zero-order valence-electron chi connectivity index (χ0n) is 9.47. The number of nitriles is 1. The van der Waals surface area contributed by atoms with Gasteiger partial charge in [-0.05, 0) is 35.9 Å². The Kier molecular flexibility index (Phi) is 4.14. The van der Waals surface area contributed by atoms with Gasteiger partial charge >= 0.3 is 0 Å². The number of benzene rings is 2. The number of hydrogen-bond acceptors (Lipinski definition) is 2. The Morgan fingerprint density at radius 3 is 2.50 bits per heavy atom. The van der Waals surface area contributed by atoms with Crippen LogP contribution in [-0.4, -0.2) is 4.21 Å². The van der Waals surface area contributed by atoms with Gasteiger partial charge in [0.15, 0.2) is 0 Å². The van der Waals surface area contributed by atoms with Crippen molar-refractivity contribution in [3.63, 3.8) is 0 Å². The van der Waals surface area contributed by atoms with E-state index in [1.807, 2.05) is 12.1 Å². The lowest BCUT2D eigenvalue weighted by Gasteiger charge is -2.03. The SMILES string of the molecule is N#Cc1ccc(CS(=O)c2cccc(Cl)c2)cc1. The Hall–Kier alpha value is -1.63. The Labute approximate surface area is 113 Å². The van der Waals surface area contributed by atoms with Crippen LogP contribution in [0.4, 0.5) is 0 Å². The van der Waals surface area contributed by atoms with Gasteiger partial charge in [-0.15, -0.1) is 0 Å². The second-order valence-corrected chi connectivity index (χ2v) is 5.64. The van der Waals surface area contributed by atoms with Gasteiger partial charge < -0.3 is 0 Å². The van der Waals surface area contributed by atoms with Gasteiger partial charge in [0.1, 0.15) is 0 Å². The van der Waals surface area contributed by atoms with E-state index >= 15 is 0 Å². The molecule has 2 aromatic rings. The Morgan fingerprint density at radius 1 is 1.17 bits per heavy atom. The first kappa shape index (κ1) is 12.8. The van der Waals surface area contributed by atoms with Gasteiger partial charge in [0, 0.05) is 9.92 Å². The average Bonchev–Trinajstić information content (AvgIpc) is 2.39. The minimum absolute atomic E-state index is 0.423. The Balaban J connectivity index is 2.14. The van der Waals surface area contributed by atoms with Crippen molar-refractivity contribution in [2.24, 2.45) is 0 Å². The molecular weight excluding hydrogens is 266 g/mol. The van der Waals surface area contributed by atoms with Crippen molar-refractivity contribution in [2.75, 3.05) is 0 Å². The standard InChI is InChI=1S/C14H10ClNOS/c15-13-2-1-3-14(8-13)18(17)10-12-6-4-11(9-16)5-7-12/h1-8H,10H2. The summed E-state index contributed by atoms with van der Waals surface area (Å²) in [5, 5.41) is 9.28. The molecule has 0 aliphatic heterocycles. The van der Waals surface area contributed by atoms with E-state index in [0.717, 1.165) is 5.56 Å². The van der Waals surface area contributed by atoms with Crippen LogP contribution in [0, 0.1) is 11.3 Å². The van der Waals surface area contributed by atoms with Gasteiger partial charge in [0.2, 0.25) is 0 Å². The molecule has 0 fully saturated rings. The van der Waals surface area contributed by atoms with Crippen LogP contribution in [0.5, 0.6) is 0 Å². The highest BCUT2D eigenvalue weighted by molar-refractivity contribution is 7.84. The fourth-order valence-electron chi connectivity index (χ4n) is 1.52. The zero-order valence-corrected chi connectivity index (χ0v) is 11.0. The molecule has 0 aromatic heterocycles. The summed E-state index contributed by atoms with van der Waals surface area (Å²) in [5.74, 6) is 0.423. The summed E-state index contributed by atoms with van der Waals surface area (Å²) in [6, 6.07) is 16.2. The molecule has 0 radical (unpaired) electrons. The molecule has 0 amide bonds. The molecule has 2 nitrogen and oxygen atoms in total.